The second-order valence-electron chi connectivity index (χ2n) is 8.93. The van der Waals surface area contributed by atoms with Crippen LogP contribution in [0.1, 0.15) is 31.7 Å². The van der Waals surface area contributed by atoms with E-state index in [2.05, 4.69) is 35.4 Å². The van der Waals surface area contributed by atoms with Crippen LogP contribution in [0.2, 0.25) is 0 Å². The lowest BCUT2D eigenvalue weighted by molar-refractivity contribution is -0.137. The maximum Gasteiger partial charge on any atom is 0.227 e. The van der Waals surface area contributed by atoms with Crippen LogP contribution >= 0.6 is 0 Å². The highest BCUT2D eigenvalue weighted by molar-refractivity contribution is 5.83. The summed E-state index contributed by atoms with van der Waals surface area (Å²) in [4.78, 5) is 35.0. The van der Waals surface area contributed by atoms with Crippen LogP contribution in [0.15, 0.2) is 48.8 Å². The Labute approximate surface area is 191 Å². The van der Waals surface area contributed by atoms with Gasteiger partial charge in [-0.15, -0.1) is 0 Å². The number of nitrogens with one attached hydrogen (secondary N) is 1. The van der Waals surface area contributed by atoms with E-state index in [4.69, 9.17) is 0 Å². The lowest BCUT2D eigenvalue weighted by atomic mass is 9.91. The average molecular weight is 435 g/mol. The summed E-state index contributed by atoms with van der Waals surface area (Å²) in [5.74, 6) is 0.247. The molecule has 1 aromatic heterocycles. The number of hydrogen-bond acceptors (Lipinski definition) is 4. The van der Waals surface area contributed by atoms with Gasteiger partial charge in [0.25, 0.3) is 0 Å². The quantitative estimate of drug-likeness (QED) is 0.759. The van der Waals surface area contributed by atoms with Gasteiger partial charge in [0, 0.05) is 50.1 Å². The number of aromatic nitrogens is 1. The van der Waals surface area contributed by atoms with E-state index in [0.717, 1.165) is 55.6 Å². The van der Waals surface area contributed by atoms with Gasteiger partial charge in [-0.2, -0.15) is 0 Å². The highest BCUT2D eigenvalue weighted by Crippen LogP contribution is 2.27. The number of pyridine rings is 1. The minimum Gasteiger partial charge on any atom is -0.341 e. The molecule has 170 valence electrons. The normalized spacial score (nSPS) is 20.3. The highest BCUT2D eigenvalue weighted by Gasteiger charge is 2.34. The molecular weight excluding hydrogens is 400 g/mol. The Morgan fingerprint density at radius 1 is 1.12 bits per heavy atom. The number of piperidine rings is 1. The van der Waals surface area contributed by atoms with Crippen LogP contribution in [0.5, 0.6) is 0 Å². The van der Waals surface area contributed by atoms with Crippen molar-refractivity contribution in [2.45, 2.75) is 32.6 Å². The van der Waals surface area contributed by atoms with E-state index in [9.17, 15) is 9.59 Å². The van der Waals surface area contributed by atoms with Crippen molar-refractivity contribution in [3.05, 3.63) is 54.4 Å². The van der Waals surface area contributed by atoms with Gasteiger partial charge in [-0.1, -0.05) is 37.3 Å². The van der Waals surface area contributed by atoms with Crippen LogP contribution in [0.25, 0.3) is 11.1 Å². The molecule has 0 saturated carbocycles. The molecule has 0 bridgehead atoms. The lowest BCUT2D eigenvalue weighted by Gasteiger charge is -2.30. The molecule has 1 aromatic carbocycles. The number of nitrogens with zero attached hydrogens (tertiary/aromatic N) is 3. The van der Waals surface area contributed by atoms with Crippen molar-refractivity contribution in [3.63, 3.8) is 0 Å². The monoisotopic (exact) mass is 434 g/mol. The molecule has 1 N–H and O–H groups in total. The molecule has 2 aromatic rings. The van der Waals surface area contributed by atoms with Crippen LogP contribution in [-0.4, -0.2) is 65.9 Å². The van der Waals surface area contributed by atoms with E-state index in [1.54, 1.807) is 6.20 Å². The standard InChI is InChI=1S/C26H34N4O2/c1-2-14-29-15-16-30(25(31)20-9-12-27-13-10-20)19-23(26(29)32)17-21-6-3-4-8-24(21)22-7-5-11-28-18-22/h3-8,11,18,20,23,27H,2,9-10,12-17,19H2,1H3/t23-/m0/s1. The summed E-state index contributed by atoms with van der Waals surface area (Å²) < 4.78 is 0. The van der Waals surface area contributed by atoms with Gasteiger partial charge < -0.3 is 15.1 Å². The summed E-state index contributed by atoms with van der Waals surface area (Å²) in [6.45, 7) is 6.40. The Balaban J connectivity index is 1.59. The third kappa shape index (κ3) is 5.18. The first-order valence-electron chi connectivity index (χ1n) is 11.9. The Hall–Kier alpha value is -2.73. The molecule has 0 spiro atoms. The van der Waals surface area contributed by atoms with Crippen LogP contribution in [0.4, 0.5) is 0 Å². The zero-order valence-corrected chi connectivity index (χ0v) is 19.0. The molecule has 3 heterocycles. The number of benzene rings is 1. The number of carbonyl (C=O) groups excluding carboxylic acids is 2. The summed E-state index contributed by atoms with van der Waals surface area (Å²) >= 11 is 0. The first-order valence-corrected chi connectivity index (χ1v) is 11.9. The maximum absolute atomic E-state index is 13.5. The van der Waals surface area contributed by atoms with Crippen molar-refractivity contribution < 1.29 is 9.59 Å². The van der Waals surface area contributed by atoms with E-state index < -0.39 is 0 Å². The van der Waals surface area contributed by atoms with Crippen LogP contribution in [0.3, 0.4) is 0 Å². The minimum absolute atomic E-state index is 0.0763. The average Bonchev–Trinajstić information content (AvgIpc) is 3.00. The summed E-state index contributed by atoms with van der Waals surface area (Å²) in [6, 6.07) is 12.2. The minimum atomic E-state index is -0.229. The molecule has 0 unspecified atom stereocenters. The first-order chi connectivity index (χ1) is 15.7. The van der Waals surface area contributed by atoms with Crippen molar-refractivity contribution in [1.82, 2.24) is 20.1 Å². The lowest BCUT2D eigenvalue weighted by Crippen LogP contribution is -2.43. The fraction of sp³-hybridized carbons (Fsp3) is 0.500. The van der Waals surface area contributed by atoms with Crippen molar-refractivity contribution >= 4 is 11.8 Å². The van der Waals surface area contributed by atoms with E-state index in [0.29, 0.717) is 26.1 Å². The van der Waals surface area contributed by atoms with Crippen molar-refractivity contribution in [2.75, 3.05) is 39.3 Å². The Morgan fingerprint density at radius 2 is 1.94 bits per heavy atom. The Morgan fingerprint density at radius 3 is 2.69 bits per heavy atom. The molecule has 2 aliphatic heterocycles. The molecule has 2 saturated heterocycles. The molecule has 0 aliphatic carbocycles. The molecule has 32 heavy (non-hydrogen) atoms. The van der Waals surface area contributed by atoms with Gasteiger partial charge in [0.1, 0.15) is 0 Å². The van der Waals surface area contributed by atoms with E-state index >= 15 is 0 Å². The van der Waals surface area contributed by atoms with Crippen molar-refractivity contribution in [1.29, 1.82) is 0 Å². The van der Waals surface area contributed by atoms with E-state index in [1.807, 2.05) is 34.2 Å². The van der Waals surface area contributed by atoms with E-state index in [-0.39, 0.29) is 23.7 Å². The van der Waals surface area contributed by atoms with Crippen LogP contribution in [0, 0.1) is 11.8 Å². The smallest absolute Gasteiger partial charge is 0.227 e. The fourth-order valence-corrected chi connectivity index (χ4v) is 4.98. The van der Waals surface area contributed by atoms with Crippen LogP contribution in [-0.2, 0) is 16.0 Å². The maximum atomic E-state index is 13.5. The second kappa shape index (κ2) is 10.7. The van der Waals surface area contributed by atoms with Gasteiger partial charge in [-0.05, 0) is 56.0 Å². The zero-order valence-electron chi connectivity index (χ0n) is 19.0. The summed E-state index contributed by atoms with van der Waals surface area (Å²) in [5, 5.41) is 3.34. The molecule has 6 nitrogen and oxygen atoms in total. The topological polar surface area (TPSA) is 65.5 Å². The molecule has 2 aliphatic rings. The van der Waals surface area contributed by atoms with E-state index in [1.165, 1.54) is 0 Å². The predicted molar refractivity (Wildman–Crippen MR) is 126 cm³/mol. The number of hydrogen-bond donors (Lipinski definition) is 1. The second-order valence-corrected chi connectivity index (χ2v) is 8.93. The largest absolute Gasteiger partial charge is 0.341 e. The fourth-order valence-electron chi connectivity index (χ4n) is 4.98. The molecule has 1 atom stereocenters. The Bertz CT molecular complexity index is 911. The summed E-state index contributed by atoms with van der Waals surface area (Å²) in [7, 11) is 0. The SMILES string of the molecule is CCCN1CCN(C(=O)C2CCNCC2)C[C@H](Cc2ccccc2-c2cccnc2)C1=O. The third-order valence-electron chi connectivity index (χ3n) is 6.69. The van der Waals surface area contributed by atoms with Gasteiger partial charge in [0.15, 0.2) is 0 Å². The number of amides is 2. The highest BCUT2D eigenvalue weighted by atomic mass is 16.2. The van der Waals surface area contributed by atoms with Crippen molar-refractivity contribution in [2.24, 2.45) is 11.8 Å². The molecule has 6 heteroatoms. The van der Waals surface area contributed by atoms with Gasteiger partial charge in [-0.3, -0.25) is 14.6 Å². The zero-order chi connectivity index (χ0) is 22.3. The van der Waals surface area contributed by atoms with Gasteiger partial charge in [-0.25, -0.2) is 0 Å². The van der Waals surface area contributed by atoms with Crippen molar-refractivity contribution in [3.8, 4) is 11.1 Å². The third-order valence-corrected chi connectivity index (χ3v) is 6.69. The Kier molecular flexibility index (Phi) is 7.53. The molecule has 4 rings (SSSR count). The molecule has 2 amide bonds. The summed E-state index contributed by atoms with van der Waals surface area (Å²) in [6.07, 6.45) is 6.96. The first kappa shape index (κ1) is 22.5. The van der Waals surface area contributed by atoms with Gasteiger partial charge >= 0.3 is 0 Å². The van der Waals surface area contributed by atoms with Crippen LogP contribution < -0.4 is 5.32 Å². The van der Waals surface area contributed by atoms with Gasteiger partial charge in [0.2, 0.25) is 11.8 Å². The molecule has 0 radical (unpaired) electrons. The molecule has 2 fully saturated rings. The summed E-state index contributed by atoms with van der Waals surface area (Å²) in [5.41, 5.74) is 3.29. The molecular formula is C26H34N4O2. The van der Waals surface area contributed by atoms with Gasteiger partial charge in [0.05, 0.1) is 5.92 Å². The predicted octanol–water partition coefficient (Wildman–Crippen LogP) is 2.99. The number of carbonyl (C=O) groups is 2. The number of rotatable bonds is 6.